The summed E-state index contributed by atoms with van der Waals surface area (Å²) in [6.07, 6.45) is 0.601. The van der Waals surface area contributed by atoms with Gasteiger partial charge in [-0.05, 0) is 0 Å². The van der Waals surface area contributed by atoms with E-state index in [0.717, 1.165) is 0 Å². The van der Waals surface area contributed by atoms with Crippen LogP contribution < -0.4 is 27.3 Å². The zero-order chi connectivity index (χ0) is 15.3. The van der Waals surface area contributed by atoms with Gasteiger partial charge in [-0.3, -0.25) is 21.6 Å². The van der Waals surface area contributed by atoms with Gasteiger partial charge in [0.25, 0.3) is 5.66 Å². The van der Waals surface area contributed by atoms with Crippen LogP contribution in [0.5, 0.6) is 0 Å². The Hall–Kier alpha value is -1.91. The van der Waals surface area contributed by atoms with E-state index >= 15 is 0 Å². The van der Waals surface area contributed by atoms with E-state index in [0.29, 0.717) is 24.8 Å². The normalized spacial score (nSPS) is 36.6. The second-order valence-electron chi connectivity index (χ2n) is 5.64. The lowest BCUT2D eigenvalue weighted by molar-refractivity contribution is -0.827. The van der Waals surface area contributed by atoms with Crippen molar-refractivity contribution in [2.75, 3.05) is 13.1 Å². The summed E-state index contributed by atoms with van der Waals surface area (Å²) < 4.78 is 1.70. The lowest BCUT2D eigenvalue weighted by Gasteiger charge is -2.40. The number of hydrogen-bond acceptors (Lipinski definition) is 8. The van der Waals surface area contributed by atoms with Crippen molar-refractivity contribution in [1.82, 2.24) is 10.8 Å². The molecule has 0 aromatic heterocycles. The Morgan fingerprint density at radius 2 is 2.33 bits per heavy atom. The highest BCUT2D eigenvalue weighted by Crippen LogP contribution is 2.40. The molecule has 0 aliphatic carbocycles. The average molecular weight is 300 g/mol. The molecule has 21 heavy (non-hydrogen) atoms. The van der Waals surface area contributed by atoms with Gasteiger partial charge in [-0.1, -0.05) is 0 Å². The maximum absolute atomic E-state index is 10.5. The Bertz CT molecular complexity index is 533. The molecule has 3 rings (SSSR count). The highest BCUT2D eigenvalue weighted by atomic mass is 16.7. The van der Waals surface area contributed by atoms with Gasteiger partial charge < -0.3 is 15.1 Å². The highest BCUT2D eigenvalue weighted by molar-refractivity contribution is 5.78. The van der Waals surface area contributed by atoms with Crippen LogP contribution in [-0.4, -0.2) is 63.6 Å². The predicted octanol–water partition coefficient (Wildman–Crippen LogP) is -5.80. The SMILES string of the molecule is NC1=[NH+][C@@]23[C@@H](C1)[C@H](CNOC=O)NC(N)=[N+]2CCC3(O)O. The third-order valence-electron chi connectivity index (χ3n) is 4.59. The van der Waals surface area contributed by atoms with Gasteiger partial charge in [0.05, 0.1) is 25.4 Å². The number of hydroxylamine groups is 1. The van der Waals surface area contributed by atoms with Crippen LogP contribution in [0.1, 0.15) is 12.8 Å². The number of nitrogens with one attached hydrogen (secondary N) is 3. The molecular formula is C11H20N6O4+2. The number of nitrogens with zero attached hydrogens (tertiary/aromatic N) is 1. The highest BCUT2D eigenvalue weighted by Gasteiger charge is 2.73. The molecule has 3 heterocycles. The van der Waals surface area contributed by atoms with Crippen LogP contribution >= 0.6 is 0 Å². The van der Waals surface area contributed by atoms with Crippen molar-refractivity contribution in [2.24, 2.45) is 17.4 Å². The monoisotopic (exact) mass is 300 g/mol. The summed E-state index contributed by atoms with van der Waals surface area (Å²) in [5.41, 5.74) is 13.2. The van der Waals surface area contributed by atoms with Gasteiger partial charge in [0.1, 0.15) is 6.04 Å². The standard InChI is InChI=1S/C11H18N6O4/c12-8-3-6-7(4-14-21-5-18)15-9(13)17-2-1-10(19,20)11(6,17)16-8/h5-7,14,19-20H,1-4H2,(H4,12,13,15,16)/p+2/t6-,7-,11-/m0/s1. The molecule has 0 radical (unpaired) electrons. The zero-order valence-corrected chi connectivity index (χ0v) is 11.4. The van der Waals surface area contributed by atoms with E-state index in [9.17, 15) is 15.0 Å². The van der Waals surface area contributed by atoms with Gasteiger partial charge in [-0.2, -0.15) is 0 Å². The minimum atomic E-state index is -1.96. The molecule has 9 N–H and O–H groups in total. The van der Waals surface area contributed by atoms with E-state index in [1.54, 1.807) is 4.58 Å². The molecule has 0 bridgehead atoms. The summed E-state index contributed by atoms with van der Waals surface area (Å²) in [6.45, 7) is 0.932. The maximum atomic E-state index is 10.5. The van der Waals surface area contributed by atoms with Gasteiger partial charge in [-0.15, -0.1) is 5.48 Å². The lowest BCUT2D eigenvalue weighted by atomic mass is 9.80. The molecule has 3 aliphatic heterocycles. The number of amidine groups is 1. The molecule has 3 aliphatic rings. The number of guanidine groups is 1. The van der Waals surface area contributed by atoms with Gasteiger partial charge in [0.2, 0.25) is 11.6 Å². The average Bonchev–Trinajstić information content (AvgIpc) is 2.89. The zero-order valence-electron chi connectivity index (χ0n) is 11.4. The molecular weight excluding hydrogens is 280 g/mol. The second-order valence-corrected chi connectivity index (χ2v) is 5.64. The molecule has 1 saturated heterocycles. The topological polar surface area (TPSA) is 160 Å². The fourth-order valence-electron chi connectivity index (χ4n) is 3.77. The largest absolute Gasteiger partial charge is 0.373 e. The summed E-state index contributed by atoms with van der Waals surface area (Å²) in [7, 11) is 0. The Morgan fingerprint density at radius 1 is 1.57 bits per heavy atom. The molecule has 0 aromatic carbocycles. The molecule has 10 heteroatoms. The van der Waals surface area contributed by atoms with Crippen molar-refractivity contribution in [3.63, 3.8) is 0 Å². The van der Waals surface area contributed by atoms with E-state index in [1.165, 1.54) is 0 Å². The molecule has 0 saturated carbocycles. The molecule has 116 valence electrons. The van der Waals surface area contributed by atoms with Gasteiger partial charge in [-0.25, -0.2) is 9.57 Å². The number of rotatable bonds is 4. The van der Waals surface area contributed by atoms with E-state index in [-0.39, 0.29) is 31.4 Å². The number of carbonyl (C=O) groups excluding carboxylic acids is 1. The number of hydrogen-bond donors (Lipinski definition) is 7. The molecule has 3 atom stereocenters. The van der Waals surface area contributed by atoms with Crippen LogP contribution in [0.2, 0.25) is 0 Å². The molecule has 1 spiro atoms. The fourth-order valence-corrected chi connectivity index (χ4v) is 3.77. The fraction of sp³-hybridized carbons (Fsp3) is 0.727. The first kappa shape index (κ1) is 14.0. The van der Waals surface area contributed by atoms with Crippen molar-refractivity contribution in [2.45, 2.75) is 30.3 Å². The summed E-state index contributed by atoms with van der Waals surface area (Å²) >= 11 is 0. The van der Waals surface area contributed by atoms with Crippen molar-refractivity contribution in [3.8, 4) is 0 Å². The van der Waals surface area contributed by atoms with Crippen LogP contribution in [0.4, 0.5) is 0 Å². The Balaban J connectivity index is 1.99. The van der Waals surface area contributed by atoms with Crippen molar-refractivity contribution < 1.29 is 29.4 Å². The van der Waals surface area contributed by atoms with Gasteiger partial charge in [0, 0.05) is 6.42 Å². The molecule has 0 aromatic rings. The lowest BCUT2D eigenvalue weighted by Crippen LogP contribution is -2.97. The molecule has 0 unspecified atom stereocenters. The number of aliphatic hydroxyl groups is 2. The summed E-state index contributed by atoms with van der Waals surface area (Å²) in [4.78, 5) is 17.7. The van der Waals surface area contributed by atoms with E-state index in [4.69, 9.17) is 11.5 Å². The Morgan fingerprint density at radius 3 is 3.05 bits per heavy atom. The third kappa shape index (κ3) is 1.79. The minimum Gasteiger partial charge on any atom is -0.373 e. The van der Waals surface area contributed by atoms with Crippen LogP contribution in [0, 0.1) is 5.92 Å². The van der Waals surface area contributed by atoms with E-state index < -0.39 is 11.4 Å². The predicted molar refractivity (Wildman–Crippen MR) is 69.2 cm³/mol. The molecule has 1 fully saturated rings. The second kappa shape index (κ2) is 4.55. The van der Waals surface area contributed by atoms with Gasteiger partial charge in [0.15, 0.2) is 0 Å². The van der Waals surface area contributed by atoms with Gasteiger partial charge >= 0.3 is 12.4 Å². The first-order chi connectivity index (χ1) is 9.92. The van der Waals surface area contributed by atoms with Crippen LogP contribution in [-0.2, 0) is 9.63 Å². The van der Waals surface area contributed by atoms with E-state index in [2.05, 4.69) is 20.6 Å². The summed E-state index contributed by atoms with van der Waals surface area (Å²) in [5, 5.41) is 24.0. The maximum Gasteiger partial charge on any atom is 0.347 e. The quantitative estimate of drug-likeness (QED) is 0.0888. The smallest absolute Gasteiger partial charge is 0.347 e. The summed E-state index contributed by atoms with van der Waals surface area (Å²) in [6, 6.07) is -0.286. The number of carbonyl (C=O) groups is 1. The molecule has 0 amide bonds. The van der Waals surface area contributed by atoms with Crippen molar-refractivity contribution >= 4 is 18.3 Å². The van der Waals surface area contributed by atoms with Crippen LogP contribution in [0.15, 0.2) is 0 Å². The van der Waals surface area contributed by atoms with Crippen LogP contribution in [0.25, 0.3) is 0 Å². The number of nitrogens with two attached hydrogens (primary N) is 2. The van der Waals surface area contributed by atoms with Crippen molar-refractivity contribution in [3.05, 3.63) is 0 Å². The van der Waals surface area contributed by atoms with Crippen LogP contribution in [0.3, 0.4) is 0 Å². The third-order valence-corrected chi connectivity index (χ3v) is 4.59. The summed E-state index contributed by atoms with van der Waals surface area (Å²) in [5.74, 6) is -1.42. The molecule has 10 nitrogen and oxygen atoms in total. The Labute approximate surface area is 120 Å². The first-order valence-corrected chi connectivity index (χ1v) is 6.75. The first-order valence-electron chi connectivity index (χ1n) is 6.75. The van der Waals surface area contributed by atoms with E-state index in [1.807, 2.05) is 0 Å². The Kier molecular flexibility index (Phi) is 3.04. The van der Waals surface area contributed by atoms with Crippen molar-refractivity contribution in [1.29, 1.82) is 0 Å². The minimum absolute atomic E-state index is 0.150.